The zero-order valence-electron chi connectivity index (χ0n) is 13.6. The molecule has 6 heteroatoms. The van der Waals surface area contributed by atoms with Gasteiger partial charge in [0.1, 0.15) is 0 Å². The maximum atomic E-state index is 13.0. The summed E-state index contributed by atoms with van der Waals surface area (Å²) in [4.78, 5) is 0.0945. The molecule has 0 atom stereocenters. The van der Waals surface area contributed by atoms with Crippen molar-refractivity contribution < 1.29 is 16.8 Å². The van der Waals surface area contributed by atoms with Crippen LogP contribution in [0.15, 0.2) is 70.5 Å². The normalized spacial score (nSPS) is 12.4. The molecule has 0 saturated heterocycles. The summed E-state index contributed by atoms with van der Waals surface area (Å²) in [5.74, 6) is 0. The van der Waals surface area contributed by atoms with Crippen LogP contribution in [0.2, 0.25) is 0 Å². The summed E-state index contributed by atoms with van der Waals surface area (Å²) in [6, 6.07) is 15.6. The lowest BCUT2D eigenvalue weighted by Crippen LogP contribution is -2.31. The van der Waals surface area contributed by atoms with E-state index in [2.05, 4.69) is 0 Å². The van der Waals surface area contributed by atoms with Crippen LogP contribution in [0.3, 0.4) is 0 Å². The average Bonchev–Trinajstić information content (AvgIpc) is 2.60. The second-order valence-corrected chi connectivity index (χ2v) is 10.2. The lowest BCUT2D eigenvalue weighted by Gasteiger charge is -2.18. The largest absolute Gasteiger partial charge is 0.222 e. The smallest absolute Gasteiger partial charge is 0.195 e. The number of hydrogen-bond donors (Lipinski definition) is 0. The average molecular weight is 367 g/mol. The molecule has 0 aliphatic rings. The van der Waals surface area contributed by atoms with Crippen molar-refractivity contribution in [2.24, 2.45) is 0 Å². The van der Waals surface area contributed by atoms with Crippen molar-refractivity contribution in [2.75, 3.05) is 0 Å². The fourth-order valence-corrected chi connectivity index (χ4v) is 7.20. The highest BCUT2D eigenvalue weighted by Crippen LogP contribution is 2.29. The van der Waals surface area contributed by atoms with Gasteiger partial charge in [0.25, 0.3) is 0 Å². The third-order valence-electron chi connectivity index (χ3n) is 3.88. The lowest BCUT2D eigenvalue weighted by molar-refractivity contribution is 0.561. The molecule has 130 valence electrons. The maximum absolute atomic E-state index is 13.0. The van der Waals surface area contributed by atoms with Crippen molar-refractivity contribution in [3.8, 4) is 0 Å². The van der Waals surface area contributed by atoms with Crippen LogP contribution in [0, 0.1) is 0 Å². The van der Waals surface area contributed by atoms with Crippen molar-refractivity contribution in [1.29, 1.82) is 0 Å². The Hall–Kier alpha value is -1.66. The molecule has 0 amide bonds. The fraction of sp³-hybridized carbons (Fsp3) is 0.333. The second-order valence-electron chi connectivity index (χ2n) is 5.64. The first-order valence-corrected chi connectivity index (χ1v) is 11.1. The predicted molar refractivity (Wildman–Crippen MR) is 95.2 cm³/mol. The summed E-state index contributed by atoms with van der Waals surface area (Å²) >= 11 is 0. The summed E-state index contributed by atoms with van der Waals surface area (Å²) in [5, 5.41) is 0. The van der Waals surface area contributed by atoms with Gasteiger partial charge in [0, 0.05) is 0 Å². The Labute approximate surface area is 144 Å². The van der Waals surface area contributed by atoms with E-state index in [4.69, 9.17) is 0 Å². The summed E-state index contributed by atoms with van der Waals surface area (Å²) in [7, 11) is -7.95. The second kappa shape index (κ2) is 7.94. The first-order valence-electron chi connectivity index (χ1n) is 7.98. The highest BCUT2D eigenvalue weighted by molar-refractivity contribution is 8.09. The minimum Gasteiger partial charge on any atom is -0.222 e. The van der Waals surface area contributed by atoms with Gasteiger partial charge >= 0.3 is 0 Å². The molecule has 2 aromatic rings. The number of hydrogen-bond acceptors (Lipinski definition) is 4. The highest BCUT2D eigenvalue weighted by atomic mass is 32.3. The van der Waals surface area contributed by atoms with Crippen LogP contribution in [0.5, 0.6) is 0 Å². The van der Waals surface area contributed by atoms with Crippen LogP contribution < -0.4 is 0 Å². The third-order valence-corrected chi connectivity index (χ3v) is 9.11. The van der Waals surface area contributed by atoms with Gasteiger partial charge < -0.3 is 0 Å². The van der Waals surface area contributed by atoms with E-state index in [1.807, 2.05) is 6.92 Å². The molecule has 0 aliphatic heterocycles. The maximum Gasteiger partial charge on any atom is 0.195 e. The van der Waals surface area contributed by atoms with Crippen molar-refractivity contribution in [1.82, 2.24) is 0 Å². The van der Waals surface area contributed by atoms with Gasteiger partial charge in [0.05, 0.1) is 9.79 Å². The van der Waals surface area contributed by atoms with Crippen molar-refractivity contribution in [2.45, 2.75) is 47.0 Å². The predicted octanol–water partition coefficient (Wildman–Crippen LogP) is 3.84. The Balaban J connectivity index is 2.49. The van der Waals surface area contributed by atoms with E-state index >= 15 is 0 Å². The summed E-state index contributed by atoms with van der Waals surface area (Å²) in [6.45, 7) is 1.99. The number of unbranched alkanes of at least 4 members (excludes halogenated alkanes) is 2. The molecule has 4 nitrogen and oxygen atoms in total. The number of sulfone groups is 2. The molecule has 24 heavy (non-hydrogen) atoms. The molecule has 2 rings (SSSR count). The standard InChI is InChI=1S/C18H22O4S2/c1-2-3-6-15-18(23(19,20)16-11-7-4-8-12-16)24(21,22)17-13-9-5-10-14-17/h4-5,7-14,18H,2-3,6,15H2,1H3. The van der Waals surface area contributed by atoms with Gasteiger partial charge in [0.15, 0.2) is 24.3 Å². The van der Waals surface area contributed by atoms with Gasteiger partial charge in [-0.25, -0.2) is 16.8 Å². The zero-order chi connectivity index (χ0) is 17.6. The van der Waals surface area contributed by atoms with Crippen LogP contribution >= 0.6 is 0 Å². The van der Waals surface area contributed by atoms with Gasteiger partial charge in [-0.2, -0.15) is 0 Å². The van der Waals surface area contributed by atoms with Crippen molar-refractivity contribution >= 4 is 19.7 Å². The minimum atomic E-state index is -3.98. The number of benzene rings is 2. The van der Waals surface area contributed by atoms with E-state index < -0.39 is 24.3 Å². The van der Waals surface area contributed by atoms with Gasteiger partial charge in [0.2, 0.25) is 0 Å². The number of rotatable bonds is 8. The Morgan fingerprint density at radius 1 is 0.708 bits per heavy atom. The Bertz CT molecular complexity index is 773. The van der Waals surface area contributed by atoms with E-state index in [0.717, 1.165) is 12.8 Å². The first-order chi connectivity index (χ1) is 11.4. The molecule has 0 aliphatic carbocycles. The monoisotopic (exact) mass is 366 g/mol. The van der Waals surface area contributed by atoms with E-state index in [-0.39, 0.29) is 16.2 Å². The van der Waals surface area contributed by atoms with Gasteiger partial charge in [-0.1, -0.05) is 62.6 Å². The minimum absolute atomic E-state index is 0.0472. The van der Waals surface area contributed by atoms with Crippen LogP contribution in [0.1, 0.15) is 32.6 Å². The molecule has 0 N–H and O–H groups in total. The molecule has 0 saturated carbocycles. The molecular weight excluding hydrogens is 344 g/mol. The van der Waals surface area contributed by atoms with Gasteiger partial charge in [-0.15, -0.1) is 0 Å². The SMILES string of the molecule is CCCCCC(S(=O)(=O)c1ccccc1)S(=O)(=O)c1ccccc1. The van der Waals surface area contributed by atoms with E-state index in [1.165, 1.54) is 24.3 Å². The Morgan fingerprint density at radius 3 is 1.50 bits per heavy atom. The molecule has 0 radical (unpaired) electrons. The van der Waals surface area contributed by atoms with E-state index in [0.29, 0.717) is 6.42 Å². The van der Waals surface area contributed by atoms with Gasteiger partial charge in [-0.3, -0.25) is 0 Å². The molecular formula is C18H22O4S2. The molecule has 2 aromatic carbocycles. The van der Waals surface area contributed by atoms with Crippen LogP contribution in [-0.2, 0) is 19.7 Å². The van der Waals surface area contributed by atoms with Crippen molar-refractivity contribution in [3.63, 3.8) is 0 Å². The molecule has 0 unspecified atom stereocenters. The molecule has 0 spiro atoms. The van der Waals surface area contributed by atoms with E-state index in [9.17, 15) is 16.8 Å². The fourth-order valence-electron chi connectivity index (χ4n) is 2.56. The summed E-state index contributed by atoms with van der Waals surface area (Å²) in [6.07, 6.45) is 2.34. The van der Waals surface area contributed by atoms with Crippen LogP contribution in [-0.4, -0.2) is 21.4 Å². The first kappa shape index (κ1) is 18.7. The molecule has 0 heterocycles. The van der Waals surface area contributed by atoms with Crippen molar-refractivity contribution in [3.05, 3.63) is 60.7 Å². The topological polar surface area (TPSA) is 68.3 Å². The summed E-state index contributed by atoms with van der Waals surface area (Å²) in [5.41, 5.74) is 0. The van der Waals surface area contributed by atoms with E-state index in [1.54, 1.807) is 36.4 Å². The molecule has 0 bridgehead atoms. The van der Waals surface area contributed by atoms with Crippen LogP contribution in [0.4, 0.5) is 0 Å². The molecule has 0 fully saturated rings. The van der Waals surface area contributed by atoms with Crippen LogP contribution in [0.25, 0.3) is 0 Å². The Morgan fingerprint density at radius 2 is 1.12 bits per heavy atom. The lowest BCUT2D eigenvalue weighted by atomic mass is 10.2. The summed E-state index contributed by atoms with van der Waals surface area (Å²) < 4.78 is 50.4. The quantitative estimate of drug-likeness (QED) is 0.666. The zero-order valence-corrected chi connectivity index (χ0v) is 15.3. The molecule has 0 aromatic heterocycles. The Kier molecular flexibility index (Phi) is 6.18. The highest BCUT2D eigenvalue weighted by Gasteiger charge is 2.39. The third kappa shape index (κ3) is 4.05. The van der Waals surface area contributed by atoms with Gasteiger partial charge in [-0.05, 0) is 30.7 Å².